The van der Waals surface area contributed by atoms with E-state index in [1.807, 2.05) is 0 Å². The third-order valence-electron chi connectivity index (χ3n) is 7.52. The van der Waals surface area contributed by atoms with Crippen molar-refractivity contribution < 1.29 is 37.1 Å². The van der Waals surface area contributed by atoms with E-state index in [2.05, 4.69) is 16.7 Å². The molecule has 1 aromatic carbocycles. The lowest BCUT2D eigenvalue weighted by Gasteiger charge is -2.39. The van der Waals surface area contributed by atoms with Crippen molar-refractivity contribution in [1.29, 1.82) is 0 Å². The van der Waals surface area contributed by atoms with Gasteiger partial charge in [0.25, 0.3) is 17.7 Å². The molecular weight excluding hydrogens is 574 g/mol. The summed E-state index contributed by atoms with van der Waals surface area (Å²) in [6.45, 7) is 3.13. The first-order valence-corrected chi connectivity index (χ1v) is 13.2. The highest BCUT2D eigenvalue weighted by Crippen LogP contribution is 2.38. The summed E-state index contributed by atoms with van der Waals surface area (Å²) >= 11 is 0. The molecule has 5 heterocycles. The minimum Gasteiger partial charge on any atom is -0.383 e. The molecule has 222 valence electrons. The fraction of sp³-hybridized carbons (Fsp3) is 0.286. The molecule has 6 rings (SSSR count). The quantitative estimate of drug-likeness (QED) is 0.268. The zero-order chi connectivity index (χ0) is 30.6. The number of aliphatic hydroxyl groups excluding tert-OH is 1. The Bertz CT molecular complexity index is 1770. The van der Waals surface area contributed by atoms with E-state index in [1.165, 1.54) is 34.1 Å². The van der Waals surface area contributed by atoms with E-state index >= 15 is 0 Å². The van der Waals surface area contributed by atoms with Gasteiger partial charge in [0, 0.05) is 55.1 Å². The van der Waals surface area contributed by atoms with Crippen molar-refractivity contribution in [3.05, 3.63) is 66.9 Å². The van der Waals surface area contributed by atoms with Crippen LogP contribution >= 0.6 is 0 Å². The van der Waals surface area contributed by atoms with Crippen molar-refractivity contribution in [2.75, 3.05) is 19.6 Å². The number of nitrogens with zero attached hydrogens (tertiary/aromatic N) is 7. The van der Waals surface area contributed by atoms with Crippen LogP contribution in [0.3, 0.4) is 0 Å². The van der Waals surface area contributed by atoms with Gasteiger partial charge in [0.2, 0.25) is 0 Å². The van der Waals surface area contributed by atoms with Gasteiger partial charge in [-0.3, -0.25) is 33.6 Å². The van der Waals surface area contributed by atoms with Gasteiger partial charge in [0.15, 0.2) is 5.83 Å². The Hall–Kier alpha value is -4.92. The Morgan fingerprint density at radius 2 is 1.81 bits per heavy atom. The van der Waals surface area contributed by atoms with Gasteiger partial charge in [0.1, 0.15) is 23.9 Å². The van der Waals surface area contributed by atoms with Crippen LogP contribution in [0.25, 0.3) is 33.4 Å². The van der Waals surface area contributed by atoms with Crippen LogP contribution in [-0.2, 0) is 27.1 Å². The smallest absolute Gasteiger partial charge is 0.383 e. The van der Waals surface area contributed by atoms with Crippen molar-refractivity contribution in [3.8, 4) is 22.4 Å². The Labute approximate surface area is 240 Å². The number of carbonyl (C=O) groups excluding carboxylic acids is 3. The average Bonchev–Trinajstić information content (AvgIpc) is 3.65. The minimum absolute atomic E-state index is 0.112. The number of rotatable bonds is 6. The van der Waals surface area contributed by atoms with Crippen molar-refractivity contribution in [2.24, 2.45) is 0 Å². The van der Waals surface area contributed by atoms with Gasteiger partial charge in [-0.2, -0.15) is 23.4 Å². The highest BCUT2D eigenvalue weighted by molar-refractivity contribution is 6.00. The number of hydrogen-bond acceptors (Lipinski definition) is 7. The topological polar surface area (TPSA) is 126 Å². The van der Waals surface area contributed by atoms with E-state index in [1.54, 1.807) is 16.9 Å². The zero-order valence-corrected chi connectivity index (χ0v) is 22.3. The maximum atomic E-state index is 13.4. The molecule has 11 nitrogen and oxygen atoms in total. The second-order valence-electron chi connectivity index (χ2n) is 10.3. The first kappa shape index (κ1) is 28.2. The highest BCUT2D eigenvalue weighted by Gasteiger charge is 2.37. The molecule has 4 aromatic rings. The van der Waals surface area contributed by atoms with Gasteiger partial charge >= 0.3 is 6.18 Å². The van der Waals surface area contributed by atoms with Crippen LogP contribution in [0.4, 0.5) is 17.6 Å². The third kappa shape index (κ3) is 5.05. The van der Waals surface area contributed by atoms with Crippen molar-refractivity contribution >= 4 is 28.8 Å². The van der Waals surface area contributed by atoms with Crippen LogP contribution in [0.15, 0.2) is 61.3 Å². The monoisotopic (exact) mass is 597 g/mol. The summed E-state index contributed by atoms with van der Waals surface area (Å²) in [5.41, 5.74) is 1.87. The van der Waals surface area contributed by atoms with E-state index in [0.29, 0.717) is 33.4 Å². The summed E-state index contributed by atoms with van der Waals surface area (Å²) in [6.07, 6.45) is -0.963. The average molecular weight is 598 g/mol. The van der Waals surface area contributed by atoms with Crippen LogP contribution in [0.1, 0.15) is 18.0 Å². The van der Waals surface area contributed by atoms with E-state index in [-0.39, 0.29) is 32.6 Å². The largest absolute Gasteiger partial charge is 0.416 e. The lowest BCUT2D eigenvalue weighted by Crippen LogP contribution is -2.51. The molecule has 2 fully saturated rings. The molecular formula is C28H23F4N7O4. The van der Waals surface area contributed by atoms with Gasteiger partial charge in [-0.05, 0) is 18.2 Å². The normalized spacial score (nSPS) is 17.5. The molecule has 2 aliphatic heterocycles. The summed E-state index contributed by atoms with van der Waals surface area (Å²) in [7, 11) is 0. The number of fused-ring (bicyclic) bond motifs is 1. The molecule has 43 heavy (non-hydrogen) atoms. The molecule has 15 heteroatoms. The lowest BCUT2D eigenvalue weighted by molar-refractivity contribution is -0.146. The number of amides is 3. The van der Waals surface area contributed by atoms with Crippen molar-refractivity contribution in [3.63, 3.8) is 0 Å². The standard InChI is InChI=1S/C28H23F4N7O4/c1-15(29)26(42)36-12-19(13-36)39-25-20(17-10-34-37(11-17)14-22(41)38-9-7-21(40)27(38)43)6-8-33-24(25)23(35-39)16-2-4-18(5-3-16)28(30,31)32/h2-6,8,10-11,19,21,40H,1,7,9,12-14H2. The maximum Gasteiger partial charge on any atom is 0.416 e. The van der Waals surface area contributed by atoms with E-state index in [4.69, 9.17) is 5.10 Å². The molecule has 0 bridgehead atoms. The molecule has 0 spiro atoms. The molecule has 2 saturated heterocycles. The Kier molecular flexibility index (Phi) is 6.83. The summed E-state index contributed by atoms with van der Waals surface area (Å²) in [5.74, 6) is -3.12. The van der Waals surface area contributed by atoms with Gasteiger partial charge in [0.05, 0.1) is 23.3 Å². The summed E-state index contributed by atoms with van der Waals surface area (Å²) < 4.78 is 56.0. The molecule has 3 amide bonds. The van der Waals surface area contributed by atoms with Gasteiger partial charge in [-0.1, -0.05) is 18.7 Å². The SMILES string of the molecule is C=C(F)C(=O)N1CC(n2nc(-c3ccc(C(F)(F)F)cc3)c3nccc(-c4cnn(CC(=O)N5CCC(O)C5=O)c4)c32)C1. The highest BCUT2D eigenvalue weighted by atomic mass is 19.4. The number of imide groups is 1. The van der Waals surface area contributed by atoms with Crippen LogP contribution in [0.2, 0.25) is 0 Å². The minimum atomic E-state index is -4.52. The fourth-order valence-corrected chi connectivity index (χ4v) is 5.25. The Morgan fingerprint density at radius 3 is 2.44 bits per heavy atom. The number of carbonyl (C=O) groups is 3. The van der Waals surface area contributed by atoms with Gasteiger partial charge in [-0.15, -0.1) is 0 Å². The molecule has 2 aliphatic rings. The number of halogens is 4. The first-order chi connectivity index (χ1) is 20.4. The summed E-state index contributed by atoms with van der Waals surface area (Å²) in [6, 6.07) is 5.78. The molecule has 0 radical (unpaired) electrons. The molecule has 1 N–H and O–H groups in total. The third-order valence-corrected chi connectivity index (χ3v) is 7.52. The van der Waals surface area contributed by atoms with Crippen LogP contribution in [0, 0.1) is 0 Å². The second kappa shape index (κ2) is 10.4. The molecule has 0 saturated carbocycles. The van der Waals surface area contributed by atoms with E-state index in [9.17, 15) is 37.1 Å². The number of pyridine rings is 1. The number of aliphatic hydroxyl groups is 1. The number of alkyl halides is 3. The fourth-order valence-electron chi connectivity index (χ4n) is 5.25. The summed E-state index contributed by atoms with van der Waals surface area (Å²) in [5, 5.41) is 18.6. The van der Waals surface area contributed by atoms with E-state index in [0.717, 1.165) is 17.0 Å². The maximum absolute atomic E-state index is 13.4. The van der Waals surface area contributed by atoms with Gasteiger partial charge in [-0.25, -0.2) is 4.39 Å². The Balaban J connectivity index is 1.38. The van der Waals surface area contributed by atoms with Crippen LogP contribution in [0.5, 0.6) is 0 Å². The van der Waals surface area contributed by atoms with Crippen molar-refractivity contribution in [2.45, 2.75) is 31.3 Å². The predicted octanol–water partition coefficient (Wildman–Crippen LogP) is 2.97. The molecule has 0 aliphatic carbocycles. The van der Waals surface area contributed by atoms with E-state index < -0.39 is 47.4 Å². The molecule has 1 unspecified atom stereocenters. The number of benzene rings is 1. The summed E-state index contributed by atoms with van der Waals surface area (Å²) in [4.78, 5) is 43.5. The lowest BCUT2D eigenvalue weighted by atomic mass is 10.0. The second-order valence-corrected chi connectivity index (χ2v) is 10.3. The number of likely N-dealkylation sites (tertiary alicyclic amines) is 2. The van der Waals surface area contributed by atoms with Crippen LogP contribution in [-0.4, -0.2) is 82.9 Å². The zero-order valence-electron chi connectivity index (χ0n) is 22.3. The number of aromatic nitrogens is 5. The molecule has 3 aromatic heterocycles. The molecule has 1 atom stereocenters. The Morgan fingerprint density at radius 1 is 1.09 bits per heavy atom. The predicted molar refractivity (Wildman–Crippen MR) is 142 cm³/mol. The van der Waals surface area contributed by atoms with Crippen LogP contribution < -0.4 is 0 Å². The van der Waals surface area contributed by atoms with Crippen molar-refractivity contribution in [1.82, 2.24) is 34.3 Å². The van der Waals surface area contributed by atoms with Gasteiger partial charge < -0.3 is 10.0 Å². The first-order valence-electron chi connectivity index (χ1n) is 13.2. The number of hydrogen-bond donors (Lipinski definition) is 1.